The molecule has 0 aromatic carbocycles. The van der Waals surface area contributed by atoms with Gasteiger partial charge in [-0.05, 0) is 30.7 Å². The van der Waals surface area contributed by atoms with Gasteiger partial charge in [-0.2, -0.15) is 0 Å². The molecule has 1 saturated carbocycles. The van der Waals surface area contributed by atoms with Crippen LogP contribution in [-0.4, -0.2) is 18.3 Å². The molecule has 1 aliphatic rings. The molecule has 1 fully saturated rings. The Morgan fingerprint density at radius 2 is 2.40 bits per heavy atom. The van der Waals surface area contributed by atoms with E-state index in [0.717, 1.165) is 13.0 Å². The van der Waals surface area contributed by atoms with Gasteiger partial charge in [-0.3, -0.25) is 0 Å². The Kier molecular flexibility index (Phi) is 2.32. The van der Waals surface area contributed by atoms with E-state index in [-0.39, 0.29) is 0 Å². The Balaban J connectivity index is 2.34. The number of rotatable bonds is 4. The summed E-state index contributed by atoms with van der Waals surface area (Å²) in [5, 5.41) is 8.84. The standard InChI is InChI=1S/C8H17NO/c1-2-3-8(6-9)4-7(8)5-10/h7,10H,2-6,9H2,1H3/t7-,8+/m1/s1. The highest BCUT2D eigenvalue weighted by Gasteiger charge is 2.51. The van der Waals surface area contributed by atoms with Crippen LogP contribution in [0.4, 0.5) is 0 Å². The molecule has 1 aliphatic carbocycles. The van der Waals surface area contributed by atoms with E-state index < -0.39 is 0 Å². The zero-order valence-electron chi connectivity index (χ0n) is 6.64. The van der Waals surface area contributed by atoms with Gasteiger partial charge in [0.25, 0.3) is 0 Å². The SMILES string of the molecule is CCC[C@@]1(CN)C[C@@H]1CO. The molecular formula is C8H17NO. The van der Waals surface area contributed by atoms with Crippen molar-refractivity contribution in [2.45, 2.75) is 26.2 Å². The van der Waals surface area contributed by atoms with E-state index in [4.69, 9.17) is 10.8 Å². The molecule has 0 aromatic rings. The van der Waals surface area contributed by atoms with Gasteiger partial charge in [0, 0.05) is 6.61 Å². The lowest BCUT2D eigenvalue weighted by atomic mass is 9.98. The largest absolute Gasteiger partial charge is 0.396 e. The van der Waals surface area contributed by atoms with Gasteiger partial charge >= 0.3 is 0 Å². The quantitative estimate of drug-likeness (QED) is 0.610. The number of hydrogen-bond acceptors (Lipinski definition) is 2. The Bertz CT molecular complexity index is 116. The fourth-order valence-corrected chi connectivity index (χ4v) is 1.85. The zero-order chi connectivity index (χ0) is 7.61. The molecule has 0 aromatic heterocycles. The molecule has 2 nitrogen and oxygen atoms in total. The lowest BCUT2D eigenvalue weighted by Crippen LogP contribution is -2.18. The summed E-state index contributed by atoms with van der Waals surface area (Å²) in [5.41, 5.74) is 5.95. The van der Waals surface area contributed by atoms with Crippen molar-refractivity contribution in [2.24, 2.45) is 17.1 Å². The summed E-state index contributed by atoms with van der Waals surface area (Å²) >= 11 is 0. The van der Waals surface area contributed by atoms with Gasteiger partial charge in [0.2, 0.25) is 0 Å². The van der Waals surface area contributed by atoms with Gasteiger partial charge in [0.1, 0.15) is 0 Å². The Morgan fingerprint density at radius 3 is 2.70 bits per heavy atom. The summed E-state index contributed by atoms with van der Waals surface area (Å²) in [7, 11) is 0. The third-order valence-corrected chi connectivity index (χ3v) is 2.73. The predicted molar refractivity (Wildman–Crippen MR) is 41.6 cm³/mol. The van der Waals surface area contributed by atoms with E-state index in [1.807, 2.05) is 0 Å². The third-order valence-electron chi connectivity index (χ3n) is 2.73. The number of aliphatic hydroxyl groups excluding tert-OH is 1. The number of hydrogen-bond donors (Lipinski definition) is 2. The monoisotopic (exact) mass is 143 g/mol. The minimum atomic E-state index is 0.331. The van der Waals surface area contributed by atoms with Gasteiger partial charge in [-0.15, -0.1) is 0 Å². The summed E-state index contributed by atoms with van der Waals surface area (Å²) in [4.78, 5) is 0. The van der Waals surface area contributed by atoms with Gasteiger partial charge < -0.3 is 10.8 Å². The fourth-order valence-electron chi connectivity index (χ4n) is 1.85. The molecule has 0 bridgehead atoms. The van der Waals surface area contributed by atoms with Crippen LogP contribution in [0.25, 0.3) is 0 Å². The highest BCUT2D eigenvalue weighted by molar-refractivity contribution is 5.02. The molecule has 0 spiro atoms. The summed E-state index contributed by atoms with van der Waals surface area (Å²) in [5.74, 6) is 0.512. The molecule has 0 amide bonds. The maximum absolute atomic E-state index is 8.84. The molecule has 60 valence electrons. The van der Waals surface area contributed by atoms with E-state index in [1.165, 1.54) is 12.8 Å². The average Bonchev–Trinajstić information content (AvgIpc) is 2.65. The smallest absolute Gasteiger partial charge is 0.0465 e. The summed E-state index contributed by atoms with van der Waals surface area (Å²) in [6.07, 6.45) is 3.52. The van der Waals surface area contributed by atoms with Crippen molar-refractivity contribution in [1.82, 2.24) is 0 Å². The van der Waals surface area contributed by atoms with Crippen LogP contribution < -0.4 is 5.73 Å². The molecule has 0 radical (unpaired) electrons. The minimum absolute atomic E-state index is 0.331. The molecule has 1 rings (SSSR count). The van der Waals surface area contributed by atoms with Crippen molar-refractivity contribution in [2.75, 3.05) is 13.2 Å². The van der Waals surface area contributed by atoms with Crippen molar-refractivity contribution in [3.63, 3.8) is 0 Å². The minimum Gasteiger partial charge on any atom is -0.396 e. The highest BCUT2D eigenvalue weighted by atomic mass is 16.3. The van der Waals surface area contributed by atoms with E-state index in [9.17, 15) is 0 Å². The lowest BCUT2D eigenvalue weighted by Gasteiger charge is -2.11. The molecule has 2 atom stereocenters. The lowest BCUT2D eigenvalue weighted by molar-refractivity contribution is 0.245. The zero-order valence-corrected chi connectivity index (χ0v) is 6.64. The van der Waals surface area contributed by atoms with Crippen LogP contribution in [0.15, 0.2) is 0 Å². The van der Waals surface area contributed by atoms with Crippen LogP contribution in [0.2, 0.25) is 0 Å². The molecule has 2 heteroatoms. The highest BCUT2D eigenvalue weighted by Crippen LogP contribution is 2.54. The Labute approximate surface area is 62.4 Å². The van der Waals surface area contributed by atoms with Gasteiger partial charge in [0.05, 0.1) is 0 Å². The van der Waals surface area contributed by atoms with Gasteiger partial charge in [-0.25, -0.2) is 0 Å². The summed E-state index contributed by atoms with van der Waals surface area (Å²) in [6, 6.07) is 0. The third kappa shape index (κ3) is 1.18. The number of nitrogens with two attached hydrogens (primary N) is 1. The van der Waals surface area contributed by atoms with Gasteiger partial charge in [-0.1, -0.05) is 13.3 Å². The topological polar surface area (TPSA) is 46.2 Å². The average molecular weight is 143 g/mol. The van der Waals surface area contributed by atoms with Crippen molar-refractivity contribution in [3.8, 4) is 0 Å². The molecule has 0 heterocycles. The first-order valence-electron chi connectivity index (χ1n) is 4.10. The van der Waals surface area contributed by atoms with Crippen molar-refractivity contribution < 1.29 is 5.11 Å². The maximum Gasteiger partial charge on any atom is 0.0465 e. The second-order valence-electron chi connectivity index (χ2n) is 3.40. The first-order chi connectivity index (χ1) is 4.79. The Hall–Kier alpha value is -0.0800. The first kappa shape index (κ1) is 8.02. The first-order valence-corrected chi connectivity index (χ1v) is 4.10. The van der Waals surface area contributed by atoms with Crippen LogP contribution in [-0.2, 0) is 0 Å². The normalized spacial score (nSPS) is 38.1. The van der Waals surface area contributed by atoms with Crippen LogP contribution >= 0.6 is 0 Å². The second kappa shape index (κ2) is 2.89. The Morgan fingerprint density at radius 1 is 1.70 bits per heavy atom. The van der Waals surface area contributed by atoms with Crippen molar-refractivity contribution >= 4 is 0 Å². The van der Waals surface area contributed by atoms with E-state index >= 15 is 0 Å². The van der Waals surface area contributed by atoms with Crippen LogP contribution in [0, 0.1) is 11.3 Å². The molecule has 3 N–H and O–H groups in total. The molecule has 10 heavy (non-hydrogen) atoms. The number of aliphatic hydroxyl groups is 1. The summed E-state index contributed by atoms with van der Waals surface area (Å²) in [6.45, 7) is 3.26. The second-order valence-corrected chi connectivity index (χ2v) is 3.40. The predicted octanol–water partition coefficient (Wildman–Crippen LogP) is 0.744. The van der Waals surface area contributed by atoms with Crippen LogP contribution in [0.1, 0.15) is 26.2 Å². The van der Waals surface area contributed by atoms with E-state index in [0.29, 0.717) is 17.9 Å². The van der Waals surface area contributed by atoms with Crippen molar-refractivity contribution in [1.29, 1.82) is 0 Å². The van der Waals surface area contributed by atoms with Gasteiger partial charge in [0.15, 0.2) is 0 Å². The molecular weight excluding hydrogens is 126 g/mol. The summed E-state index contributed by atoms with van der Waals surface area (Å²) < 4.78 is 0. The fraction of sp³-hybridized carbons (Fsp3) is 1.00. The molecule has 0 unspecified atom stereocenters. The van der Waals surface area contributed by atoms with Crippen LogP contribution in [0.3, 0.4) is 0 Å². The molecule has 0 saturated heterocycles. The van der Waals surface area contributed by atoms with Crippen LogP contribution in [0.5, 0.6) is 0 Å². The van der Waals surface area contributed by atoms with E-state index in [1.54, 1.807) is 0 Å². The van der Waals surface area contributed by atoms with E-state index in [2.05, 4.69) is 6.92 Å². The maximum atomic E-state index is 8.84. The molecule has 0 aliphatic heterocycles. The van der Waals surface area contributed by atoms with Crippen molar-refractivity contribution in [3.05, 3.63) is 0 Å².